The number of hydrogen-bond acceptors (Lipinski definition) is 4. The van der Waals surface area contributed by atoms with Crippen molar-refractivity contribution in [1.29, 1.82) is 0 Å². The Hall–Kier alpha value is -1.85. The Labute approximate surface area is 139 Å². The maximum absolute atomic E-state index is 12.1. The minimum Gasteiger partial charge on any atom is -0.341 e. The number of benzene rings is 1. The first-order valence-electron chi connectivity index (χ1n) is 6.88. The van der Waals surface area contributed by atoms with Crippen LogP contribution in [-0.2, 0) is 0 Å². The molecule has 0 spiro atoms. The van der Waals surface area contributed by atoms with Crippen LogP contribution in [0, 0.1) is 0 Å². The monoisotopic (exact) mass is 338 g/mol. The van der Waals surface area contributed by atoms with Gasteiger partial charge in [0.15, 0.2) is 0 Å². The van der Waals surface area contributed by atoms with E-state index in [1.165, 1.54) is 12.4 Å². The SMILES string of the molecule is CCN(CC)c1ncc(C(=O)Nc2ccc(Cl)c(Cl)c2)cn1. The number of carbonyl (C=O) groups excluding carboxylic acids is 1. The van der Waals surface area contributed by atoms with Gasteiger partial charge < -0.3 is 10.2 Å². The lowest BCUT2D eigenvalue weighted by atomic mass is 10.2. The van der Waals surface area contributed by atoms with Crippen molar-refractivity contribution in [2.24, 2.45) is 0 Å². The first-order valence-corrected chi connectivity index (χ1v) is 7.64. The highest BCUT2D eigenvalue weighted by molar-refractivity contribution is 6.42. The first kappa shape index (κ1) is 16.5. The fraction of sp³-hybridized carbons (Fsp3) is 0.267. The van der Waals surface area contributed by atoms with E-state index in [-0.39, 0.29) is 5.91 Å². The van der Waals surface area contributed by atoms with Crippen molar-refractivity contribution in [3.05, 3.63) is 46.2 Å². The standard InChI is InChI=1S/C15H16Cl2N4O/c1-3-21(4-2)15-18-8-10(9-19-15)14(22)20-11-5-6-12(16)13(17)7-11/h5-9H,3-4H2,1-2H3,(H,20,22). The first-order chi connectivity index (χ1) is 10.5. The van der Waals surface area contributed by atoms with Crippen LogP contribution >= 0.6 is 23.2 Å². The lowest BCUT2D eigenvalue weighted by molar-refractivity contribution is 0.102. The number of anilines is 2. The van der Waals surface area contributed by atoms with E-state index >= 15 is 0 Å². The summed E-state index contributed by atoms with van der Waals surface area (Å²) in [7, 11) is 0. The molecule has 0 unspecified atom stereocenters. The predicted molar refractivity (Wildman–Crippen MR) is 90.0 cm³/mol. The van der Waals surface area contributed by atoms with E-state index in [9.17, 15) is 4.79 Å². The van der Waals surface area contributed by atoms with E-state index in [1.807, 2.05) is 18.7 Å². The van der Waals surface area contributed by atoms with Crippen molar-refractivity contribution < 1.29 is 4.79 Å². The largest absolute Gasteiger partial charge is 0.341 e. The molecule has 2 aromatic rings. The summed E-state index contributed by atoms with van der Waals surface area (Å²) in [6.45, 7) is 5.67. The van der Waals surface area contributed by atoms with Crippen LogP contribution in [0.25, 0.3) is 0 Å². The Morgan fingerprint density at radius 1 is 1.14 bits per heavy atom. The average molecular weight is 339 g/mol. The third kappa shape index (κ3) is 3.87. The van der Waals surface area contributed by atoms with Crippen LogP contribution in [0.5, 0.6) is 0 Å². The van der Waals surface area contributed by atoms with Gasteiger partial charge in [0.05, 0.1) is 15.6 Å². The zero-order valence-electron chi connectivity index (χ0n) is 12.3. The van der Waals surface area contributed by atoms with Crippen LogP contribution in [-0.4, -0.2) is 29.0 Å². The molecule has 7 heteroatoms. The molecule has 0 radical (unpaired) electrons. The van der Waals surface area contributed by atoms with Crippen LogP contribution in [0.3, 0.4) is 0 Å². The van der Waals surface area contributed by atoms with E-state index in [4.69, 9.17) is 23.2 Å². The number of nitrogens with one attached hydrogen (secondary N) is 1. The van der Waals surface area contributed by atoms with Gasteiger partial charge in [-0.05, 0) is 32.0 Å². The summed E-state index contributed by atoms with van der Waals surface area (Å²) in [5.41, 5.74) is 0.939. The molecule has 0 saturated heterocycles. The Kier molecular flexibility index (Phi) is 5.57. The highest BCUT2D eigenvalue weighted by Gasteiger charge is 2.10. The van der Waals surface area contributed by atoms with Gasteiger partial charge in [0.25, 0.3) is 5.91 Å². The number of hydrogen-bond donors (Lipinski definition) is 1. The third-order valence-electron chi connectivity index (χ3n) is 3.12. The second kappa shape index (κ2) is 7.42. The fourth-order valence-corrected chi connectivity index (χ4v) is 2.18. The maximum Gasteiger partial charge on any atom is 0.258 e. The average Bonchev–Trinajstić information content (AvgIpc) is 2.53. The minimum absolute atomic E-state index is 0.301. The Bertz CT molecular complexity index is 657. The third-order valence-corrected chi connectivity index (χ3v) is 3.86. The quantitative estimate of drug-likeness (QED) is 0.898. The normalized spacial score (nSPS) is 10.4. The molecule has 0 fully saturated rings. The Morgan fingerprint density at radius 2 is 1.77 bits per heavy atom. The van der Waals surface area contributed by atoms with Gasteiger partial charge in [0.1, 0.15) is 0 Å². The molecule has 5 nitrogen and oxygen atoms in total. The zero-order chi connectivity index (χ0) is 16.1. The van der Waals surface area contributed by atoms with E-state index < -0.39 is 0 Å². The number of aromatic nitrogens is 2. The summed E-state index contributed by atoms with van der Waals surface area (Å²) < 4.78 is 0. The zero-order valence-corrected chi connectivity index (χ0v) is 13.8. The lowest BCUT2D eigenvalue weighted by Crippen LogP contribution is -2.24. The number of amides is 1. The van der Waals surface area contributed by atoms with Crippen LogP contribution in [0.15, 0.2) is 30.6 Å². The molecular formula is C15H16Cl2N4O. The predicted octanol–water partition coefficient (Wildman–Crippen LogP) is 3.88. The smallest absolute Gasteiger partial charge is 0.258 e. The van der Waals surface area contributed by atoms with E-state index in [1.54, 1.807) is 18.2 Å². The molecule has 1 aromatic carbocycles. The van der Waals surface area contributed by atoms with Gasteiger partial charge >= 0.3 is 0 Å². The lowest BCUT2D eigenvalue weighted by Gasteiger charge is -2.18. The summed E-state index contributed by atoms with van der Waals surface area (Å²) in [6, 6.07) is 4.89. The highest BCUT2D eigenvalue weighted by atomic mass is 35.5. The molecule has 0 aliphatic rings. The van der Waals surface area contributed by atoms with Crippen molar-refractivity contribution in [2.45, 2.75) is 13.8 Å². The Balaban J connectivity index is 2.11. The van der Waals surface area contributed by atoms with Crippen LogP contribution < -0.4 is 10.2 Å². The molecule has 1 N–H and O–H groups in total. The van der Waals surface area contributed by atoms with Crippen molar-refractivity contribution >= 4 is 40.7 Å². The highest BCUT2D eigenvalue weighted by Crippen LogP contribution is 2.25. The van der Waals surface area contributed by atoms with Gasteiger partial charge in [-0.15, -0.1) is 0 Å². The van der Waals surface area contributed by atoms with Crippen molar-refractivity contribution in [3.63, 3.8) is 0 Å². The van der Waals surface area contributed by atoms with Gasteiger partial charge in [0.2, 0.25) is 5.95 Å². The summed E-state index contributed by atoms with van der Waals surface area (Å²) in [4.78, 5) is 22.6. The van der Waals surface area contributed by atoms with Gasteiger partial charge in [0, 0.05) is 31.2 Å². The molecule has 0 aliphatic heterocycles. The van der Waals surface area contributed by atoms with Crippen molar-refractivity contribution in [2.75, 3.05) is 23.3 Å². The second-order valence-electron chi connectivity index (χ2n) is 4.53. The topological polar surface area (TPSA) is 58.1 Å². The number of rotatable bonds is 5. The number of carbonyl (C=O) groups is 1. The van der Waals surface area contributed by atoms with Crippen LogP contribution in [0.4, 0.5) is 11.6 Å². The number of halogens is 2. The van der Waals surface area contributed by atoms with E-state index in [0.717, 1.165) is 13.1 Å². The maximum atomic E-state index is 12.1. The summed E-state index contributed by atoms with van der Waals surface area (Å²) in [5.74, 6) is 0.306. The Morgan fingerprint density at radius 3 is 2.32 bits per heavy atom. The molecule has 0 saturated carbocycles. The van der Waals surface area contributed by atoms with Gasteiger partial charge in [-0.3, -0.25) is 4.79 Å². The molecular weight excluding hydrogens is 323 g/mol. The molecule has 22 heavy (non-hydrogen) atoms. The second-order valence-corrected chi connectivity index (χ2v) is 5.34. The van der Waals surface area contributed by atoms with Crippen LogP contribution in [0.1, 0.15) is 24.2 Å². The molecule has 1 heterocycles. The molecule has 0 aliphatic carbocycles. The molecule has 1 aromatic heterocycles. The van der Waals surface area contributed by atoms with Crippen molar-refractivity contribution in [3.8, 4) is 0 Å². The van der Waals surface area contributed by atoms with Crippen LogP contribution in [0.2, 0.25) is 10.0 Å². The number of nitrogens with zero attached hydrogens (tertiary/aromatic N) is 3. The molecule has 1 amide bonds. The van der Waals surface area contributed by atoms with E-state index in [2.05, 4.69) is 15.3 Å². The molecule has 0 bridgehead atoms. The summed E-state index contributed by atoms with van der Waals surface area (Å²) in [6.07, 6.45) is 3.01. The minimum atomic E-state index is -0.301. The fourth-order valence-electron chi connectivity index (χ4n) is 1.89. The molecule has 116 valence electrons. The van der Waals surface area contributed by atoms with Gasteiger partial charge in [-0.25, -0.2) is 9.97 Å². The van der Waals surface area contributed by atoms with Gasteiger partial charge in [-0.1, -0.05) is 23.2 Å². The summed E-state index contributed by atoms with van der Waals surface area (Å²) >= 11 is 11.8. The molecule has 0 atom stereocenters. The van der Waals surface area contributed by atoms with Crippen molar-refractivity contribution in [1.82, 2.24) is 9.97 Å². The summed E-state index contributed by atoms with van der Waals surface area (Å²) in [5, 5.41) is 3.55. The molecule has 2 rings (SSSR count). The van der Waals surface area contributed by atoms with Gasteiger partial charge in [-0.2, -0.15) is 0 Å². The van der Waals surface area contributed by atoms with E-state index in [0.29, 0.717) is 27.2 Å².